The number of nitrogens with zero attached hydrogens (tertiary/aromatic N) is 3. The van der Waals surface area contributed by atoms with Gasteiger partial charge in [0.15, 0.2) is 0 Å². The van der Waals surface area contributed by atoms with Gasteiger partial charge in [-0.05, 0) is 26.2 Å². The molecular weight excluding hydrogens is 240 g/mol. The fourth-order valence-electron chi connectivity index (χ4n) is 2.46. The summed E-state index contributed by atoms with van der Waals surface area (Å²) in [5.41, 5.74) is 6.95. The zero-order valence-electron chi connectivity index (χ0n) is 12.1. The number of rotatable bonds is 5. The molecule has 1 aliphatic rings. The number of hydrogen-bond acceptors (Lipinski definition) is 5. The van der Waals surface area contributed by atoms with Gasteiger partial charge in [0.25, 0.3) is 0 Å². The van der Waals surface area contributed by atoms with Crippen LogP contribution in [0.25, 0.3) is 0 Å². The van der Waals surface area contributed by atoms with Gasteiger partial charge in [0.05, 0.1) is 6.10 Å². The number of hydrogen-bond donors (Lipinski definition) is 1. The monoisotopic (exact) mass is 264 g/mol. The second-order valence-corrected chi connectivity index (χ2v) is 5.24. The molecule has 1 fully saturated rings. The number of nitrogens with two attached hydrogens (primary N) is 1. The van der Waals surface area contributed by atoms with Gasteiger partial charge >= 0.3 is 0 Å². The standard InChI is InChI=1S/C14H24N4O/c1-4-6-12-16-13(15)10(2)14(17-12)18(3)9-11-7-5-8-19-11/h11H,4-9H2,1-3H3,(H2,15,16,17). The number of nitrogen functional groups attached to an aromatic ring is 1. The normalized spacial score (nSPS) is 18.8. The number of aromatic nitrogens is 2. The van der Waals surface area contributed by atoms with Gasteiger partial charge in [-0.1, -0.05) is 6.92 Å². The SMILES string of the molecule is CCCc1nc(N)c(C)c(N(C)CC2CCCO2)n1. The molecule has 0 spiro atoms. The van der Waals surface area contributed by atoms with E-state index in [0.29, 0.717) is 11.9 Å². The Bertz CT molecular complexity index is 430. The van der Waals surface area contributed by atoms with E-state index in [1.54, 1.807) is 0 Å². The molecule has 19 heavy (non-hydrogen) atoms. The largest absolute Gasteiger partial charge is 0.383 e. The van der Waals surface area contributed by atoms with Crippen LogP contribution in [0.2, 0.25) is 0 Å². The van der Waals surface area contributed by atoms with Crippen LogP contribution in [0, 0.1) is 6.92 Å². The molecule has 0 aromatic carbocycles. The van der Waals surface area contributed by atoms with Crippen molar-refractivity contribution in [3.8, 4) is 0 Å². The third kappa shape index (κ3) is 3.35. The molecule has 2 rings (SSSR count). The van der Waals surface area contributed by atoms with Gasteiger partial charge in [-0.2, -0.15) is 0 Å². The van der Waals surface area contributed by atoms with E-state index < -0.39 is 0 Å². The van der Waals surface area contributed by atoms with Crippen molar-refractivity contribution in [3.63, 3.8) is 0 Å². The first-order chi connectivity index (χ1) is 9.11. The van der Waals surface area contributed by atoms with Crippen molar-refractivity contribution in [2.24, 2.45) is 0 Å². The van der Waals surface area contributed by atoms with Crippen LogP contribution in [0.1, 0.15) is 37.6 Å². The van der Waals surface area contributed by atoms with Gasteiger partial charge in [-0.15, -0.1) is 0 Å². The molecule has 1 atom stereocenters. The Morgan fingerprint density at radius 3 is 2.84 bits per heavy atom. The van der Waals surface area contributed by atoms with Gasteiger partial charge in [-0.25, -0.2) is 9.97 Å². The second kappa shape index (κ2) is 6.19. The van der Waals surface area contributed by atoms with Crippen LogP contribution in [0.5, 0.6) is 0 Å². The molecule has 5 nitrogen and oxygen atoms in total. The van der Waals surface area contributed by atoms with Gasteiger partial charge in [0, 0.05) is 32.2 Å². The molecule has 2 N–H and O–H groups in total. The van der Waals surface area contributed by atoms with E-state index in [-0.39, 0.29) is 0 Å². The molecule has 1 aromatic rings. The van der Waals surface area contributed by atoms with E-state index in [1.165, 1.54) is 0 Å². The molecule has 0 saturated carbocycles. The molecule has 0 bridgehead atoms. The molecule has 1 unspecified atom stereocenters. The zero-order chi connectivity index (χ0) is 13.8. The minimum Gasteiger partial charge on any atom is -0.383 e. The van der Waals surface area contributed by atoms with Crippen LogP contribution >= 0.6 is 0 Å². The summed E-state index contributed by atoms with van der Waals surface area (Å²) in [4.78, 5) is 11.1. The lowest BCUT2D eigenvalue weighted by molar-refractivity contribution is 0.116. The van der Waals surface area contributed by atoms with E-state index in [2.05, 4.69) is 21.8 Å². The van der Waals surface area contributed by atoms with Crippen molar-refractivity contribution in [3.05, 3.63) is 11.4 Å². The van der Waals surface area contributed by atoms with Gasteiger partial charge in [-0.3, -0.25) is 0 Å². The molecule has 2 heterocycles. The molecule has 0 aliphatic carbocycles. The van der Waals surface area contributed by atoms with E-state index in [0.717, 1.165) is 56.0 Å². The zero-order valence-corrected chi connectivity index (χ0v) is 12.1. The van der Waals surface area contributed by atoms with Crippen LogP contribution in [0.15, 0.2) is 0 Å². The molecular formula is C14H24N4O. The van der Waals surface area contributed by atoms with Crippen LogP contribution in [0.4, 0.5) is 11.6 Å². The summed E-state index contributed by atoms with van der Waals surface area (Å²) in [5.74, 6) is 2.36. The van der Waals surface area contributed by atoms with Crippen molar-refractivity contribution in [1.29, 1.82) is 0 Å². The molecule has 1 aromatic heterocycles. The summed E-state index contributed by atoms with van der Waals surface area (Å²) in [6, 6.07) is 0. The lowest BCUT2D eigenvalue weighted by Gasteiger charge is -2.24. The average Bonchev–Trinajstić information content (AvgIpc) is 2.86. The van der Waals surface area contributed by atoms with Crippen molar-refractivity contribution in [2.75, 3.05) is 30.8 Å². The average molecular weight is 264 g/mol. The molecule has 1 saturated heterocycles. The lowest BCUT2D eigenvalue weighted by atomic mass is 10.2. The molecule has 1 aliphatic heterocycles. The van der Waals surface area contributed by atoms with Gasteiger partial charge in [0.1, 0.15) is 17.5 Å². The van der Waals surface area contributed by atoms with Crippen LogP contribution < -0.4 is 10.6 Å². The maximum absolute atomic E-state index is 5.99. The highest BCUT2D eigenvalue weighted by molar-refractivity contribution is 5.56. The highest BCUT2D eigenvalue weighted by Gasteiger charge is 2.20. The first-order valence-electron chi connectivity index (χ1n) is 7.07. The van der Waals surface area contributed by atoms with Crippen molar-refractivity contribution in [2.45, 2.75) is 45.6 Å². The highest BCUT2D eigenvalue weighted by atomic mass is 16.5. The van der Waals surface area contributed by atoms with Gasteiger partial charge < -0.3 is 15.4 Å². The summed E-state index contributed by atoms with van der Waals surface area (Å²) in [7, 11) is 2.05. The Morgan fingerprint density at radius 1 is 1.42 bits per heavy atom. The first kappa shape index (κ1) is 14.1. The summed E-state index contributed by atoms with van der Waals surface area (Å²) >= 11 is 0. The number of ether oxygens (including phenoxy) is 1. The Balaban J connectivity index is 2.16. The summed E-state index contributed by atoms with van der Waals surface area (Å²) < 4.78 is 5.68. The van der Waals surface area contributed by atoms with Gasteiger partial charge in [0.2, 0.25) is 0 Å². The van der Waals surface area contributed by atoms with Crippen LogP contribution in [-0.4, -0.2) is 36.3 Å². The Labute approximate surface area is 115 Å². The summed E-state index contributed by atoms with van der Waals surface area (Å²) in [5, 5.41) is 0. The van der Waals surface area contributed by atoms with Crippen molar-refractivity contribution >= 4 is 11.6 Å². The number of anilines is 2. The van der Waals surface area contributed by atoms with E-state index in [4.69, 9.17) is 10.5 Å². The quantitative estimate of drug-likeness (QED) is 0.880. The third-order valence-corrected chi connectivity index (χ3v) is 3.54. The predicted molar refractivity (Wildman–Crippen MR) is 77.4 cm³/mol. The Morgan fingerprint density at radius 2 is 2.21 bits per heavy atom. The fraction of sp³-hybridized carbons (Fsp3) is 0.714. The molecule has 0 amide bonds. The second-order valence-electron chi connectivity index (χ2n) is 5.24. The Kier molecular flexibility index (Phi) is 4.58. The minimum atomic E-state index is 0.315. The fourth-order valence-corrected chi connectivity index (χ4v) is 2.46. The minimum absolute atomic E-state index is 0.315. The van der Waals surface area contributed by atoms with E-state index in [1.807, 2.05) is 14.0 Å². The van der Waals surface area contributed by atoms with Crippen molar-refractivity contribution < 1.29 is 4.74 Å². The Hall–Kier alpha value is -1.36. The maximum Gasteiger partial charge on any atom is 0.137 e. The molecule has 106 valence electrons. The highest BCUT2D eigenvalue weighted by Crippen LogP contribution is 2.23. The third-order valence-electron chi connectivity index (χ3n) is 3.54. The smallest absolute Gasteiger partial charge is 0.137 e. The van der Waals surface area contributed by atoms with Crippen LogP contribution in [-0.2, 0) is 11.2 Å². The number of aryl methyl sites for hydroxylation is 1. The topological polar surface area (TPSA) is 64.3 Å². The molecule has 5 heteroatoms. The van der Waals surface area contributed by atoms with Crippen molar-refractivity contribution in [1.82, 2.24) is 9.97 Å². The summed E-state index contributed by atoms with van der Waals surface area (Å²) in [6.07, 6.45) is 4.49. The number of likely N-dealkylation sites (N-methyl/N-ethyl adjacent to an activating group) is 1. The van der Waals surface area contributed by atoms with E-state index >= 15 is 0 Å². The van der Waals surface area contributed by atoms with Crippen LogP contribution in [0.3, 0.4) is 0 Å². The lowest BCUT2D eigenvalue weighted by Crippen LogP contribution is -2.30. The maximum atomic E-state index is 5.99. The van der Waals surface area contributed by atoms with E-state index in [9.17, 15) is 0 Å². The summed E-state index contributed by atoms with van der Waals surface area (Å²) in [6.45, 7) is 5.84. The molecule has 0 radical (unpaired) electrons. The first-order valence-corrected chi connectivity index (χ1v) is 7.07. The predicted octanol–water partition coefficient (Wildman–Crippen LogP) is 1.93.